The lowest BCUT2D eigenvalue weighted by atomic mass is 9.78. The summed E-state index contributed by atoms with van der Waals surface area (Å²) in [5.41, 5.74) is 8.81. The Hall–Kier alpha value is -0.780. The highest BCUT2D eigenvalue weighted by Gasteiger charge is 2.31. The molecule has 0 bridgehead atoms. The van der Waals surface area contributed by atoms with E-state index in [1.165, 1.54) is 32.1 Å². The highest BCUT2D eigenvalue weighted by atomic mass is 14.4. The molecule has 1 aromatic carbocycles. The Morgan fingerprint density at radius 1 is 1.06 bits per heavy atom. The maximum absolute atomic E-state index is 2.55. The van der Waals surface area contributed by atoms with Crippen LogP contribution in [-0.4, -0.2) is 0 Å². The van der Waals surface area contributed by atoms with Gasteiger partial charge in [-0.05, 0) is 71.3 Å². The van der Waals surface area contributed by atoms with Crippen molar-refractivity contribution < 1.29 is 0 Å². The topological polar surface area (TPSA) is 0 Å². The van der Waals surface area contributed by atoms with Crippen molar-refractivity contribution in [2.45, 2.75) is 71.1 Å². The Kier molecular flexibility index (Phi) is 2.40. The lowest BCUT2D eigenvalue weighted by Gasteiger charge is -2.27. The maximum Gasteiger partial charge on any atom is -0.0126 e. The van der Waals surface area contributed by atoms with Gasteiger partial charge in [0.1, 0.15) is 0 Å². The summed E-state index contributed by atoms with van der Waals surface area (Å²) in [5.74, 6) is 0.789. The van der Waals surface area contributed by atoms with Crippen molar-refractivity contribution >= 4 is 0 Å². The molecule has 0 heteroatoms. The van der Waals surface area contributed by atoms with Gasteiger partial charge in [0.25, 0.3) is 0 Å². The van der Waals surface area contributed by atoms with Crippen molar-refractivity contribution in [3.63, 3.8) is 0 Å². The zero-order chi connectivity index (χ0) is 12.2. The van der Waals surface area contributed by atoms with Crippen LogP contribution < -0.4 is 0 Å². The van der Waals surface area contributed by atoms with Gasteiger partial charge in [-0.1, -0.05) is 33.8 Å². The fraction of sp³-hybridized carbons (Fsp3) is 0.647. The number of fused-ring (bicyclic) bond motifs is 2. The van der Waals surface area contributed by atoms with Crippen LogP contribution in [0.1, 0.15) is 74.3 Å². The van der Waals surface area contributed by atoms with Gasteiger partial charge in [-0.25, -0.2) is 0 Å². The first-order valence-electron chi connectivity index (χ1n) is 7.16. The van der Waals surface area contributed by atoms with E-state index in [9.17, 15) is 0 Å². The second-order valence-electron chi connectivity index (χ2n) is 7.00. The van der Waals surface area contributed by atoms with Crippen molar-refractivity contribution in [1.29, 1.82) is 0 Å². The van der Waals surface area contributed by atoms with Crippen LogP contribution >= 0.6 is 0 Å². The van der Waals surface area contributed by atoms with Crippen LogP contribution in [0.25, 0.3) is 0 Å². The summed E-state index contributed by atoms with van der Waals surface area (Å²) in [6.45, 7) is 9.58. The molecule has 0 saturated carbocycles. The molecule has 0 fully saturated rings. The van der Waals surface area contributed by atoms with Crippen LogP contribution in [-0.2, 0) is 24.7 Å². The summed E-state index contributed by atoms with van der Waals surface area (Å²) in [4.78, 5) is 0. The molecule has 0 heterocycles. The average Bonchev–Trinajstić information content (AvgIpc) is 2.81. The molecule has 2 aliphatic rings. The molecular weight excluding hydrogens is 204 g/mol. The van der Waals surface area contributed by atoms with Crippen molar-refractivity contribution in [1.82, 2.24) is 0 Å². The normalized spacial score (nSPS) is 22.7. The van der Waals surface area contributed by atoms with E-state index in [1.807, 2.05) is 0 Å². The Labute approximate surface area is 105 Å². The molecule has 17 heavy (non-hydrogen) atoms. The Morgan fingerprint density at radius 3 is 2.53 bits per heavy atom. The van der Waals surface area contributed by atoms with Crippen LogP contribution in [0.2, 0.25) is 0 Å². The van der Waals surface area contributed by atoms with Gasteiger partial charge in [0.05, 0.1) is 0 Å². The van der Waals surface area contributed by atoms with Gasteiger partial charge >= 0.3 is 0 Å². The van der Waals surface area contributed by atoms with Crippen molar-refractivity contribution in [2.24, 2.45) is 0 Å². The first-order valence-corrected chi connectivity index (χ1v) is 7.16. The monoisotopic (exact) mass is 228 g/mol. The predicted molar refractivity (Wildman–Crippen MR) is 73.9 cm³/mol. The molecule has 0 aromatic heterocycles. The molecular formula is C17H24. The maximum atomic E-state index is 2.55. The van der Waals surface area contributed by atoms with E-state index >= 15 is 0 Å². The minimum Gasteiger partial charge on any atom is -0.0584 e. The molecule has 2 aliphatic carbocycles. The molecule has 1 atom stereocenters. The van der Waals surface area contributed by atoms with Crippen molar-refractivity contribution in [2.75, 3.05) is 0 Å². The minimum atomic E-state index is 0.323. The SMILES string of the molecule is CC1CCc2c1cc1c(c2C(C)(C)C)CCC1. The summed E-state index contributed by atoms with van der Waals surface area (Å²) in [7, 11) is 0. The summed E-state index contributed by atoms with van der Waals surface area (Å²) >= 11 is 0. The zero-order valence-corrected chi connectivity index (χ0v) is 11.7. The number of benzene rings is 1. The van der Waals surface area contributed by atoms with Gasteiger partial charge in [-0.3, -0.25) is 0 Å². The molecule has 92 valence electrons. The lowest BCUT2D eigenvalue weighted by Crippen LogP contribution is -2.17. The van der Waals surface area contributed by atoms with Gasteiger partial charge < -0.3 is 0 Å². The van der Waals surface area contributed by atoms with Gasteiger partial charge in [0.2, 0.25) is 0 Å². The third-order valence-electron chi connectivity index (χ3n) is 4.65. The molecule has 0 amide bonds. The van der Waals surface area contributed by atoms with Gasteiger partial charge in [0.15, 0.2) is 0 Å². The minimum absolute atomic E-state index is 0.323. The zero-order valence-electron chi connectivity index (χ0n) is 11.7. The highest BCUT2D eigenvalue weighted by molar-refractivity contribution is 5.54. The third kappa shape index (κ3) is 1.64. The van der Waals surface area contributed by atoms with E-state index in [-0.39, 0.29) is 0 Å². The van der Waals surface area contributed by atoms with E-state index in [1.54, 1.807) is 27.8 Å². The van der Waals surface area contributed by atoms with Crippen molar-refractivity contribution in [3.8, 4) is 0 Å². The summed E-state index contributed by atoms with van der Waals surface area (Å²) < 4.78 is 0. The molecule has 0 N–H and O–H groups in total. The van der Waals surface area contributed by atoms with Gasteiger partial charge in [-0.15, -0.1) is 0 Å². The van der Waals surface area contributed by atoms with E-state index in [0.29, 0.717) is 5.41 Å². The van der Waals surface area contributed by atoms with E-state index in [0.717, 1.165) is 5.92 Å². The average molecular weight is 228 g/mol. The van der Waals surface area contributed by atoms with E-state index < -0.39 is 0 Å². The van der Waals surface area contributed by atoms with Crippen LogP contribution in [0.4, 0.5) is 0 Å². The molecule has 1 aromatic rings. The number of rotatable bonds is 0. The molecule has 0 aliphatic heterocycles. The Morgan fingerprint density at radius 2 is 1.82 bits per heavy atom. The van der Waals surface area contributed by atoms with Crippen molar-refractivity contribution in [3.05, 3.63) is 33.9 Å². The first-order chi connectivity index (χ1) is 7.98. The fourth-order valence-electron chi connectivity index (χ4n) is 3.94. The molecule has 0 radical (unpaired) electrons. The van der Waals surface area contributed by atoms with E-state index in [2.05, 4.69) is 33.8 Å². The third-order valence-corrected chi connectivity index (χ3v) is 4.65. The van der Waals surface area contributed by atoms with Gasteiger partial charge in [0, 0.05) is 0 Å². The highest BCUT2D eigenvalue weighted by Crippen LogP contribution is 2.44. The number of hydrogen-bond acceptors (Lipinski definition) is 0. The summed E-state index contributed by atoms with van der Waals surface area (Å²) in [6.07, 6.45) is 6.69. The lowest BCUT2D eigenvalue weighted by molar-refractivity contribution is 0.576. The molecule has 0 nitrogen and oxygen atoms in total. The molecule has 0 saturated heterocycles. The standard InChI is InChI=1S/C17H24/c1-11-8-9-14-15(11)10-12-6-5-7-13(12)16(14)17(2,3)4/h10-11H,5-9H2,1-4H3. The molecule has 3 rings (SSSR count). The largest absolute Gasteiger partial charge is 0.0584 e. The summed E-state index contributed by atoms with van der Waals surface area (Å²) in [5, 5.41) is 0. The van der Waals surface area contributed by atoms with E-state index in [4.69, 9.17) is 0 Å². The van der Waals surface area contributed by atoms with Crippen LogP contribution in [0.15, 0.2) is 6.07 Å². The fourth-order valence-corrected chi connectivity index (χ4v) is 3.94. The van der Waals surface area contributed by atoms with Crippen LogP contribution in [0.3, 0.4) is 0 Å². The van der Waals surface area contributed by atoms with Crippen LogP contribution in [0, 0.1) is 0 Å². The first kappa shape index (κ1) is 11.3. The predicted octanol–water partition coefficient (Wildman–Crippen LogP) is 4.52. The van der Waals surface area contributed by atoms with Crippen LogP contribution in [0.5, 0.6) is 0 Å². The second-order valence-corrected chi connectivity index (χ2v) is 7.00. The Bertz CT molecular complexity index is 460. The number of aryl methyl sites for hydroxylation is 1. The second kappa shape index (κ2) is 3.60. The molecule has 1 unspecified atom stereocenters. The quantitative estimate of drug-likeness (QED) is 0.612. The summed E-state index contributed by atoms with van der Waals surface area (Å²) in [6, 6.07) is 2.55. The van der Waals surface area contributed by atoms with Gasteiger partial charge in [-0.2, -0.15) is 0 Å². The molecule has 0 spiro atoms. The number of hydrogen-bond donors (Lipinski definition) is 0. The Balaban J connectivity index is 2.28. The smallest absolute Gasteiger partial charge is 0.0126 e.